The number of aromatic nitrogens is 5. The molecule has 1 N–H and O–H groups in total. The molecule has 0 aliphatic heterocycles. The van der Waals surface area contributed by atoms with Crippen LogP contribution in [0, 0.1) is 0 Å². The van der Waals surface area contributed by atoms with E-state index < -0.39 is 0 Å². The minimum Gasteiger partial charge on any atom is -0.370 e. The van der Waals surface area contributed by atoms with E-state index in [4.69, 9.17) is 0 Å². The molecule has 0 unspecified atom stereocenters. The second-order valence-electron chi connectivity index (χ2n) is 4.79. The molecule has 0 aliphatic carbocycles. The molecule has 0 bridgehead atoms. The fraction of sp³-hybridized carbons (Fsp3) is 0.333. The number of fused-ring (bicyclic) bond motifs is 1. The van der Waals surface area contributed by atoms with Crippen LogP contribution in [-0.2, 0) is 6.42 Å². The van der Waals surface area contributed by atoms with Gasteiger partial charge in [-0.3, -0.25) is 0 Å². The van der Waals surface area contributed by atoms with Crippen LogP contribution < -0.4 is 5.32 Å². The van der Waals surface area contributed by atoms with Crippen LogP contribution in [0.3, 0.4) is 0 Å². The maximum Gasteiger partial charge on any atom is 0.164 e. The predicted molar refractivity (Wildman–Crippen MR) is 82.6 cm³/mol. The molecule has 0 radical (unpaired) electrons. The molecule has 0 aliphatic rings. The van der Waals surface area contributed by atoms with E-state index in [2.05, 4.69) is 39.4 Å². The van der Waals surface area contributed by atoms with Crippen molar-refractivity contribution in [1.82, 2.24) is 25.0 Å². The van der Waals surface area contributed by atoms with Gasteiger partial charge in [0.2, 0.25) is 0 Å². The monoisotopic (exact) mass is 282 g/mol. The summed E-state index contributed by atoms with van der Waals surface area (Å²) in [5.74, 6) is 1.67. The third-order valence-electron chi connectivity index (χ3n) is 3.37. The van der Waals surface area contributed by atoms with E-state index in [-0.39, 0.29) is 0 Å². The first-order chi connectivity index (χ1) is 10.3. The van der Waals surface area contributed by atoms with Crippen molar-refractivity contribution in [3.8, 4) is 5.82 Å². The Morgan fingerprint density at radius 1 is 1.14 bits per heavy atom. The lowest BCUT2D eigenvalue weighted by Gasteiger charge is -2.12. The molecule has 1 aromatic carbocycles. The number of rotatable bonds is 5. The Labute approximate surface area is 123 Å². The molecule has 2 aromatic heterocycles. The van der Waals surface area contributed by atoms with Gasteiger partial charge in [-0.15, -0.1) is 5.10 Å². The first kappa shape index (κ1) is 13.5. The Morgan fingerprint density at radius 3 is 2.81 bits per heavy atom. The van der Waals surface area contributed by atoms with Gasteiger partial charge in [-0.25, -0.2) is 9.97 Å². The Morgan fingerprint density at radius 2 is 2.00 bits per heavy atom. The first-order valence-corrected chi connectivity index (χ1v) is 7.23. The Bertz CT molecular complexity index is 749. The van der Waals surface area contributed by atoms with Gasteiger partial charge in [-0.1, -0.05) is 31.2 Å². The second kappa shape index (κ2) is 5.87. The molecular weight excluding hydrogens is 264 g/mol. The average molecular weight is 282 g/mol. The zero-order valence-electron chi connectivity index (χ0n) is 12.2. The van der Waals surface area contributed by atoms with Crippen LogP contribution >= 0.6 is 0 Å². The Kier molecular flexibility index (Phi) is 3.77. The van der Waals surface area contributed by atoms with Gasteiger partial charge in [0.05, 0.1) is 5.52 Å². The molecule has 0 saturated heterocycles. The lowest BCUT2D eigenvalue weighted by molar-refractivity contribution is 0.782. The number of hydrogen-bond donors (Lipinski definition) is 1. The molecule has 6 nitrogen and oxygen atoms in total. The molecule has 6 heteroatoms. The van der Waals surface area contributed by atoms with Gasteiger partial charge in [0.1, 0.15) is 17.7 Å². The summed E-state index contributed by atoms with van der Waals surface area (Å²) < 4.78 is 1.78. The maximum absolute atomic E-state index is 4.42. The first-order valence-electron chi connectivity index (χ1n) is 7.23. The van der Waals surface area contributed by atoms with E-state index in [1.165, 1.54) is 0 Å². The van der Waals surface area contributed by atoms with Crippen LogP contribution in [-0.4, -0.2) is 31.5 Å². The van der Waals surface area contributed by atoms with E-state index in [1.807, 2.05) is 24.3 Å². The molecule has 3 rings (SSSR count). The molecule has 2 heterocycles. The molecule has 21 heavy (non-hydrogen) atoms. The molecule has 0 saturated carbocycles. The summed E-state index contributed by atoms with van der Waals surface area (Å²) in [5, 5.41) is 11.8. The van der Waals surface area contributed by atoms with Crippen molar-refractivity contribution in [1.29, 1.82) is 0 Å². The van der Waals surface area contributed by atoms with Gasteiger partial charge in [-0.2, -0.15) is 4.68 Å². The number of para-hydroxylation sites is 1. The summed E-state index contributed by atoms with van der Waals surface area (Å²) in [6.45, 7) is 5.12. The maximum atomic E-state index is 4.42. The zero-order chi connectivity index (χ0) is 14.7. The van der Waals surface area contributed by atoms with E-state index in [9.17, 15) is 0 Å². The molecular formula is C15H18N6. The average Bonchev–Trinajstić information content (AvgIpc) is 2.96. The summed E-state index contributed by atoms with van der Waals surface area (Å²) in [6, 6.07) is 7.87. The largest absolute Gasteiger partial charge is 0.370 e. The van der Waals surface area contributed by atoms with Crippen molar-refractivity contribution < 1.29 is 0 Å². The summed E-state index contributed by atoms with van der Waals surface area (Å²) in [6.07, 6.45) is 3.45. The van der Waals surface area contributed by atoms with Crippen LogP contribution in [0.25, 0.3) is 16.9 Å². The Balaban J connectivity index is 2.13. The lowest BCUT2D eigenvalue weighted by atomic mass is 10.2. The highest BCUT2D eigenvalue weighted by Crippen LogP contribution is 2.22. The smallest absolute Gasteiger partial charge is 0.164 e. The number of anilines is 1. The van der Waals surface area contributed by atoms with Crippen LogP contribution in [0.15, 0.2) is 30.6 Å². The topological polar surface area (TPSA) is 68.5 Å². The number of nitrogens with one attached hydrogen (secondary N) is 1. The predicted octanol–water partition coefficient (Wildman–Crippen LogP) is 2.59. The molecule has 0 atom stereocenters. The second-order valence-corrected chi connectivity index (χ2v) is 4.79. The van der Waals surface area contributed by atoms with Crippen molar-refractivity contribution in [3.63, 3.8) is 0 Å². The van der Waals surface area contributed by atoms with E-state index in [0.717, 1.165) is 47.6 Å². The quantitative estimate of drug-likeness (QED) is 0.779. The standard InChI is InChI=1S/C15H18N6/c1-3-9-16-14-11(4-2)15(18-10-17-14)21-13-8-6-5-7-12(13)19-20-21/h5-8,10H,3-4,9H2,1-2H3,(H,16,17,18). The molecule has 0 amide bonds. The van der Waals surface area contributed by atoms with Crippen molar-refractivity contribution in [2.45, 2.75) is 26.7 Å². The fourth-order valence-corrected chi connectivity index (χ4v) is 2.33. The van der Waals surface area contributed by atoms with Crippen molar-refractivity contribution in [2.24, 2.45) is 0 Å². The third-order valence-corrected chi connectivity index (χ3v) is 3.37. The summed E-state index contributed by atoms with van der Waals surface area (Å²) in [7, 11) is 0. The summed E-state index contributed by atoms with van der Waals surface area (Å²) >= 11 is 0. The molecule has 0 spiro atoms. The van der Waals surface area contributed by atoms with E-state index in [1.54, 1.807) is 11.0 Å². The van der Waals surface area contributed by atoms with Crippen LogP contribution in [0.1, 0.15) is 25.8 Å². The number of nitrogens with zero attached hydrogens (tertiary/aromatic N) is 5. The minimum atomic E-state index is 0.791. The van der Waals surface area contributed by atoms with Crippen molar-refractivity contribution >= 4 is 16.9 Å². The fourth-order valence-electron chi connectivity index (χ4n) is 2.33. The number of hydrogen-bond acceptors (Lipinski definition) is 5. The van der Waals surface area contributed by atoms with E-state index >= 15 is 0 Å². The van der Waals surface area contributed by atoms with Gasteiger partial charge in [0, 0.05) is 12.1 Å². The van der Waals surface area contributed by atoms with Crippen molar-refractivity contribution in [3.05, 3.63) is 36.2 Å². The van der Waals surface area contributed by atoms with Gasteiger partial charge >= 0.3 is 0 Å². The molecule has 0 fully saturated rings. The van der Waals surface area contributed by atoms with Gasteiger partial charge in [-0.05, 0) is 25.0 Å². The molecule has 3 aromatic rings. The Hall–Kier alpha value is -2.50. The highest BCUT2D eigenvalue weighted by atomic mass is 15.4. The van der Waals surface area contributed by atoms with Crippen molar-refractivity contribution in [2.75, 3.05) is 11.9 Å². The highest BCUT2D eigenvalue weighted by molar-refractivity contribution is 5.76. The van der Waals surface area contributed by atoms with Gasteiger partial charge < -0.3 is 5.32 Å². The van der Waals surface area contributed by atoms with Gasteiger partial charge in [0.15, 0.2) is 5.82 Å². The highest BCUT2D eigenvalue weighted by Gasteiger charge is 2.14. The summed E-state index contributed by atoms with van der Waals surface area (Å²) in [5.41, 5.74) is 2.87. The van der Waals surface area contributed by atoms with Crippen LogP contribution in [0.2, 0.25) is 0 Å². The number of benzene rings is 1. The van der Waals surface area contributed by atoms with Gasteiger partial charge in [0.25, 0.3) is 0 Å². The lowest BCUT2D eigenvalue weighted by Crippen LogP contribution is -2.11. The van der Waals surface area contributed by atoms with Crippen LogP contribution in [0.4, 0.5) is 5.82 Å². The van der Waals surface area contributed by atoms with E-state index in [0.29, 0.717) is 0 Å². The summed E-state index contributed by atoms with van der Waals surface area (Å²) in [4.78, 5) is 8.77. The molecule has 108 valence electrons. The SMILES string of the molecule is CCCNc1ncnc(-n2nnc3ccccc32)c1CC. The normalized spacial score (nSPS) is 11.0. The minimum absolute atomic E-state index is 0.791. The van der Waals surface area contributed by atoms with Crippen LogP contribution in [0.5, 0.6) is 0 Å². The third kappa shape index (κ3) is 2.44. The zero-order valence-corrected chi connectivity index (χ0v) is 12.2.